The average Bonchev–Trinajstić information content (AvgIpc) is 1.80. The molecule has 0 spiro atoms. The van der Waals surface area contributed by atoms with E-state index in [0.29, 0.717) is 5.84 Å². The summed E-state index contributed by atoms with van der Waals surface area (Å²) in [5.74, 6) is 1.87. The normalized spacial score (nSPS) is 12.0. The number of rotatable bonds is 4. The number of nitrogens with two attached hydrogens (primary N) is 1. The summed E-state index contributed by atoms with van der Waals surface area (Å²) in [6.45, 7) is 2.70. The summed E-state index contributed by atoms with van der Waals surface area (Å²) in [4.78, 5) is 4.04. The van der Waals surface area contributed by atoms with Gasteiger partial charge >= 0.3 is 0 Å². The largest absolute Gasteiger partial charge is 0.388 e. The molecule has 3 heteroatoms. The van der Waals surface area contributed by atoms with Crippen LogP contribution in [0.15, 0.2) is 4.99 Å². The summed E-state index contributed by atoms with van der Waals surface area (Å²) in [5.41, 5.74) is 5.32. The molecule has 0 radical (unpaired) electrons. The molecule has 0 aromatic carbocycles. The fourth-order valence-electron chi connectivity index (χ4n) is 0.464. The maximum absolute atomic E-state index is 5.32. The first kappa shape index (κ1) is 8.82. The molecule has 0 heterocycles. The number of thioether (sulfide) groups is 1. The van der Waals surface area contributed by atoms with Crippen LogP contribution in [-0.4, -0.2) is 24.4 Å². The SMILES string of the molecule is CSCCCN=C(C)N. The molecule has 0 saturated carbocycles. The van der Waals surface area contributed by atoms with E-state index in [1.54, 1.807) is 0 Å². The summed E-state index contributed by atoms with van der Waals surface area (Å²) < 4.78 is 0. The van der Waals surface area contributed by atoms with Crippen molar-refractivity contribution in [1.82, 2.24) is 0 Å². The Hall–Kier alpha value is -0.180. The minimum absolute atomic E-state index is 0.691. The third-order valence-electron chi connectivity index (χ3n) is 0.868. The lowest BCUT2D eigenvalue weighted by atomic mass is 10.5. The van der Waals surface area contributed by atoms with Crippen molar-refractivity contribution in [2.75, 3.05) is 18.6 Å². The van der Waals surface area contributed by atoms with Crippen molar-refractivity contribution >= 4 is 17.6 Å². The fourth-order valence-corrected chi connectivity index (χ4v) is 0.882. The zero-order valence-corrected chi connectivity index (χ0v) is 6.87. The van der Waals surface area contributed by atoms with Crippen LogP contribution < -0.4 is 5.73 Å². The summed E-state index contributed by atoms with van der Waals surface area (Å²) in [6.07, 6.45) is 3.23. The van der Waals surface area contributed by atoms with Crippen molar-refractivity contribution in [3.8, 4) is 0 Å². The molecule has 0 amide bonds. The van der Waals surface area contributed by atoms with Crippen LogP contribution in [0.1, 0.15) is 13.3 Å². The van der Waals surface area contributed by atoms with Crippen molar-refractivity contribution in [2.24, 2.45) is 10.7 Å². The van der Waals surface area contributed by atoms with Crippen LogP contribution in [0.3, 0.4) is 0 Å². The highest BCUT2D eigenvalue weighted by Crippen LogP contribution is 1.94. The van der Waals surface area contributed by atoms with Gasteiger partial charge < -0.3 is 5.73 Å². The molecule has 0 atom stereocenters. The maximum Gasteiger partial charge on any atom is 0.0905 e. The highest BCUT2D eigenvalue weighted by atomic mass is 32.2. The Kier molecular flexibility index (Phi) is 5.83. The fraction of sp³-hybridized carbons (Fsp3) is 0.833. The molecule has 0 rings (SSSR count). The van der Waals surface area contributed by atoms with Gasteiger partial charge in [-0.25, -0.2) is 0 Å². The first-order valence-electron chi connectivity index (χ1n) is 3.03. The second kappa shape index (κ2) is 5.95. The monoisotopic (exact) mass is 146 g/mol. The molecule has 0 fully saturated rings. The Morgan fingerprint density at radius 3 is 2.78 bits per heavy atom. The minimum atomic E-state index is 0.691. The first-order valence-corrected chi connectivity index (χ1v) is 4.42. The number of amidine groups is 1. The molecule has 0 unspecified atom stereocenters. The van der Waals surface area contributed by atoms with Crippen LogP contribution in [0.2, 0.25) is 0 Å². The van der Waals surface area contributed by atoms with E-state index in [0.717, 1.165) is 13.0 Å². The first-order chi connectivity index (χ1) is 4.27. The van der Waals surface area contributed by atoms with Gasteiger partial charge in [0.15, 0.2) is 0 Å². The summed E-state index contributed by atoms with van der Waals surface area (Å²) in [6, 6.07) is 0. The number of hydrogen-bond acceptors (Lipinski definition) is 2. The molecule has 0 aromatic heterocycles. The van der Waals surface area contributed by atoms with Crippen LogP contribution in [0.5, 0.6) is 0 Å². The summed E-state index contributed by atoms with van der Waals surface area (Å²) in [5, 5.41) is 0. The second-order valence-electron chi connectivity index (χ2n) is 1.87. The zero-order chi connectivity index (χ0) is 7.11. The van der Waals surface area contributed by atoms with Crippen molar-refractivity contribution in [3.63, 3.8) is 0 Å². The lowest BCUT2D eigenvalue weighted by Crippen LogP contribution is -2.06. The predicted molar refractivity (Wildman–Crippen MR) is 45.2 cm³/mol. The van der Waals surface area contributed by atoms with Crippen molar-refractivity contribution < 1.29 is 0 Å². The van der Waals surface area contributed by atoms with E-state index in [1.807, 2.05) is 18.7 Å². The molecule has 2 nitrogen and oxygen atoms in total. The van der Waals surface area contributed by atoms with Gasteiger partial charge in [-0.3, -0.25) is 4.99 Å². The van der Waals surface area contributed by atoms with E-state index in [2.05, 4.69) is 11.2 Å². The molecule has 2 N–H and O–H groups in total. The van der Waals surface area contributed by atoms with Gasteiger partial charge in [-0.2, -0.15) is 11.8 Å². The van der Waals surface area contributed by atoms with Crippen LogP contribution in [0, 0.1) is 0 Å². The van der Waals surface area contributed by atoms with Crippen molar-refractivity contribution in [1.29, 1.82) is 0 Å². The van der Waals surface area contributed by atoms with Crippen molar-refractivity contribution in [2.45, 2.75) is 13.3 Å². The molecule has 0 saturated heterocycles. The summed E-state index contributed by atoms with van der Waals surface area (Å²) in [7, 11) is 0. The van der Waals surface area contributed by atoms with E-state index in [1.165, 1.54) is 5.75 Å². The minimum Gasteiger partial charge on any atom is -0.388 e. The quantitative estimate of drug-likeness (QED) is 0.366. The third-order valence-corrected chi connectivity index (χ3v) is 1.56. The van der Waals surface area contributed by atoms with Crippen LogP contribution in [0.25, 0.3) is 0 Å². The van der Waals surface area contributed by atoms with Gasteiger partial charge in [-0.05, 0) is 25.4 Å². The third kappa shape index (κ3) is 7.82. The lowest BCUT2D eigenvalue weighted by molar-refractivity contribution is 0.940. The summed E-state index contributed by atoms with van der Waals surface area (Å²) >= 11 is 1.84. The Bertz CT molecular complexity index is 87.1. The van der Waals surface area contributed by atoms with E-state index >= 15 is 0 Å². The van der Waals surface area contributed by atoms with E-state index in [4.69, 9.17) is 5.73 Å². The molecule has 0 aromatic rings. The van der Waals surface area contributed by atoms with Gasteiger partial charge in [0, 0.05) is 6.54 Å². The van der Waals surface area contributed by atoms with Crippen molar-refractivity contribution in [3.05, 3.63) is 0 Å². The van der Waals surface area contributed by atoms with E-state index in [-0.39, 0.29) is 0 Å². The van der Waals surface area contributed by atoms with Crippen LogP contribution >= 0.6 is 11.8 Å². The Morgan fingerprint density at radius 2 is 2.33 bits per heavy atom. The number of hydrogen-bond donors (Lipinski definition) is 1. The molecule has 0 bridgehead atoms. The zero-order valence-electron chi connectivity index (χ0n) is 6.05. The molecule has 54 valence electrons. The maximum atomic E-state index is 5.32. The average molecular weight is 146 g/mol. The van der Waals surface area contributed by atoms with Gasteiger partial charge in [-0.15, -0.1) is 0 Å². The molecule has 9 heavy (non-hydrogen) atoms. The van der Waals surface area contributed by atoms with Crippen LogP contribution in [-0.2, 0) is 0 Å². The van der Waals surface area contributed by atoms with E-state index in [9.17, 15) is 0 Å². The molecular formula is C6H14N2S. The Balaban J connectivity index is 3.00. The molecular weight excluding hydrogens is 132 g/mol. The van der Waals surface area contributed by atoms with E-state index < -0.39 is 0 Å². The standard InChI is InChI=1S/C6H14N2S/c1-6(7)8-4-3-5-9-2/h3-5H2,1-2H3,(H2,7,8). The number of nitrogens with zero attached hydrogens (tertiary/aromatic N) is 1. The highest BCUT2D eigenvalue weighted by Gasteiger charge is 1.82. The Labute approximate surface area is 60.9 Å². The lowest BCUT2D eigenvalue weighted by Gasteiger charge is -1.92. The van der Waals surface area contributed by atoms with Gasteiger partial charge in [0.1, 0.15) is 0 Å². The molecule has 0 aliphatic carbocycles. The van der Waals surface area contributed by atoms with Gasteiger partial charge in [-0.1, -0.05) is 0 Å². The van der Waals surface area contributed by atoms with Gasteiger partial charge in [0.2, 0.25) is 0 Å². The smallest absolute Gasteiger partial charge is 0.0905 e. The highest BCUT2D eigenvalue weighted by molar-refractivity contribution is 7.98. The molecule has 0 aliphatic heterocycles. The topological polar surface area (TPSA) is 38.4 Å². The van der Waals surface area contributed by atoms with Gasteiger partial charge in [0.05, 0.1) is 5.84 Å². The second-order valence-corrected chi connectivity index (χ2v) is 2.86. The Morgan fingerprint density at radius 1 is 1.67 bits per heavy atom. The van der Waals surface area contributed by atoms with Gasteiger partial charge in [0.25, 0.3) is 0 Å². The number of aliphatic imine (C=N–C) groups is 1. The molecule has 0 aliphatic rings. The van der Waals surface area contributed by atoms with Crippen LogP contribution in [0.4, 0.5) is 0 Å². The predicted octanol–water partition coefficient (Wildman–Crippen LogP) is 1.12.